The fourth-order valence-corrected chi connectivity index (χ4v) is 1.84. The van der Waals surface area contributed by atoms with Gasteiger partial charge in [0.05, 0.1) is 18.8 Å². The summed E-state index contributed by atoms with van der Waals surface area (Å²) in [5.41, 5.74) is 0.509. The Morgan fingerprint density at radius 1 is 1.05 bits per heavy atom. The Bertz CT molecular complexity index is 444. The number of halogens is 1. The van der Waals surface area contributed by atoms with E-state index in [9.17, 15) is 9.59 Å². The highest BCUT2D eigenvalue weighted by atomic mass is 127. The smallest absolute Gasteiger partial charge is 0.338 e. The molecule has 0 spiro atoms. The van der Waals surface area contributed by atoms with Crippen LogP contribution in [0, 0.1) is 3.57 Å². The molecule has 0 fully saturated rings. The number of benzene rings is 1. The summed E-state index contributed by atoms with van der Waals surface area (Å²) in [5, 5.41) is 0. The van der Waals surface area contributed by atoms with Crippen molar-refractivity contribution in [3.8, 4) is 0 Å². The Morgan fingerprint density at radius 3 is 2.43 bits per heavy atom. The van der Waals surface area contributed by atoms with Gasteiger partial charge in [0, 0.05) is 16.6 Å². The third kappa shape index (κ3) is 8.01. The Morgan fingerprint density at radius 2 is 1.76 bits per heavy atom. The lowest BCUT2D eigenvalue weighted by Gasteiger charge is -2.06. The molecule has 0 heterocycles. The van der Waals surface area contributed by atoms with Crippen LogP contribution in [0.2, 0.25) is 0 Å². The van der Waals surface area contributed by atoms with Crippen LogP contribution < -0.4 is 0 Å². The lowest BCUT2D eigenvalue weighted by molar-refractivity contribution is -0.145. The van der Waals surface area contributed by atoms with Gasteiger partial charge in [-0.3, -0.25) is 4.79 Å². The van der Waals surface area contributed by atoms with Crippen molar-refractivity contribution in [1.29, 1.82) is 0 Å². The molecule has 0 aromatic heterocycles. The van der Waals surface area contributed by atoms with Crippen molar-refractivity contribution in [2.24, 2.45) is 0 Å². The molecule has 0 saturated heterocycles. The zero-order valence-corrected chi connectivity index (χ0v) is 14.1. The molecule has 5 nitrogen and oxygen atoms in total. The third-order valence-electron chi connectivity index (χ3n) is 2.53. The predicted octanol–water partition coefficient (Wildman–Crippen LogP) is 2.81. The summed E-state index contributed by atoms with van der Waals surface area (Å²) in [5.74, 6) is -0.684. The number of rotatable bonds is 9. The van der Waals surface area contributed by atoms with E-state index in [0.29, 0.717) is 25.2 Å². The molecule has 1 aromatic rings. The Balaban J connectivity index is 2.12. The normalized spacial score (nSPS) is 10.2. The highest BCUT2D eigenvalue weighted by Gasteiger charge is 2.08. The maximum absolute atomic E-state index is 11.7. The van der Waals surface area contributed by atoms with Gasteiger partial charge in [0.25, 0.3) is 0 Å². The van der Waals surface area contributed by atoms with Crippen molar-refractivity contribution in [2.45, 2.75) is 19.8 Å². The van der Waals surface area contributed by atoms with Crippen molar-refractivity contribution < 1.29 is 23.8 Å². The minimum Gasteiger partial charge on any atom is -0.463 e. The standard InChI is InChI=1S/C15H19IO5/c1-2-19-10-11-20-14(17)4-3-9-21-15(18)12-5-7-13(16)8-6-12/h5-8H,2-4,9-11H2,1H3. The molecule has 0 unspecified atom stereocenters. The molecule has 6 heteroatoms. The molecule has 116 valence electrons. The van der Waals surface area contributed by atoms with Crippen LogP contribution in [0.3, 0.4) is 0 Å². The van der Waals surface area contributed by atoms with E-state index in [1.54, 1.807) is 12.1 Å². The summed E-state index contributed by atoms with van der Waals surface area (Å²) in [6, 6.07) is 7.11. The van der Waals surface area contributed by atoms with E-state index in [-0.39, 0.29) is 31.6 Å². The van der Waals surface area contributed by atoms with Gasteiger partial charge in [-0.2, -0.15) is 0 Å². The number of esters is 2. The number of carbonyl (C=O) groups excluding carboxylic acids is 2. The van der Waals surface area contributed by atoms with Gasteiger partial charge in [0.15, 0.2) is 0 Å². The van der Waals surface area contributed by atoms with Gasteiger partial charge in [0.1, 0.15) is 6.61 Å². The summed E-state index contributed by atoms with van der Waals surface area (Å²) in [7, 11) is 0. The minimum atomic E-state index is -0.379. The Kier molecular flexibility index (Phi) is 9.00. The molecule has 0 aliphatic rings. The second-order valence-corrected chi connectivity index (χ2v) is 5.41. The molecule has 0 aliphatic carbocycles. The molecular weight excluding hydrogens is 387 g/mol. The van der Waals surface area contributed by atoms with Gasteiger partial charge in [-0.1, -0.05) is 0 Å². The number of carbonyl (C=O) groups is 2. The molecule has 0 atom stereocenters. The van der Waals surface area contributed by atoms with Crippen LogP contribution in [0.1, 0.15) is 30.1 Å². The maximum atomic E-state index is 11.7. The van der Waals surface area contributed by atoms with Gasteiger partial charge < -0.3 is 14.2 Å². The lowest BCUT2D eigenvalue weighted by atomic mass is 10.2. The van der Waals surface area contributed by atoms with E-state index in [1.165, 1.54) is 0 Å². The topological polar surface area (TPSA) is 61.8 Å². The average molecular weight is 406 g/mol. The summed E-state index contributed by atoms with van der Waals surface area (Å²) in [6.07, 6.45) is 0.676. The van der Waals surface area contributed by atoms with E-state index in [0.717, 1.165) is 3.57 Å². The van der Waals surface area contributed by atoms with Crippen molar-refractivity contribution in [3.63, 3.8) is 0 Å². The van der Waals surface area contributed by atoms with Gasteiger partial charge in [-0.15, -0.1) is 0 Å². The molecule has 0 amide bonds. The van der Waals surface area contributed by atoms with Crippen molar-refractivity contribution in [3.05, 3.63) is 33.4 Å². The highest BCUT2D eigenvalue weighted by Crippen LogP contribution is 2.08. The highest BCUT2D eigenvalue weighted by molar-refractivity contribution is 14.1. The third-order valence-corrected chi connectivity index (χ3v) is 3.25. The van der Waals surface area contributed by atoms with Gasteiger partial charge >= 0.3 is 11.9 Å². The van der Waals surface area contributed by atoms with Crippen molar-refractivity contribution in [2.75, 3.05) is 26.4 Å². The number of hydrogen-bond donors (Lipinski definition) is 0. The van der Waals surface area contributed by atoms with E-state index in [1.807, 2.05) is 19.1 Å². The molecule has 1 aromatic carbocycles. The Hall–Kier alpha value is -1.15. The second-order valence-electron chi connectivity index (χ2n) is 4.16. The first kappa shape index (κ1) is 17.9. The van der Waals surface area contributed by atoms with E-state index in [2.05, 4.69) is 22.6 Å². The first-order valence-corrected chi connectivity index (χ1v) is 7.87. The fourth-order valence-electron chi connectivity index (χ4n) is 1.48. The molecule has 0 saturated carbocycles. The summed E-state index contributed by atoms with van der Waals surface area (Å²) in [6.45, 7) is 3.35. The molecule has 0 bridgehead atoms. The molecule has 21 heavy (non-hydrogen) atoms. The summed E-state index contributed by atoms with van der Waals surface area (Å²) >= 11 is 2.17. The second kappa shape index (κ2) is 10.6. The number of hydrogen-bond acceptors (Lipinski definition) is 5. The molecular formula is C15H19IO5. The van der Waals surface area contributed by atoms with Crippen molar-refractivity contribution >= 4 is 34.5 Å². The molecule has 0 radical (unpaired) electrons. The SMILES string of the molecule is CCOCCOC(=O)CCCOC(=O)c1ccc(I)cc1. The van der Waals surface area contributed by atoms with Gasteiger partial charge in [-0.05, 0) is 60.2 Å². The predicted molar refractivity (Wildman–Crippen MR) is 86.1 cm³/mol. The van der Waals surface area contributed by atoms with Gasteiger partial charge in [0.2, 0.25) is 0 Å². The van der Waals surface area contributed by atoms with Crippen LogP contribution in [0.15, 0.2) is 24.3 Å². The van der Waals surface area contributed by atoms with E-state index in [4.69, 9.17) is 14.2 Å². The van der Waals surface area contributed by atoms with E-state index >= 15 is 0 Å². The van der Waals surface area contributed by atoms with Gasteiger partial charge in [-0.25, -0.2) is 4.79 Å². The molecule has 0 N–H and O–H groups in total. The zero-order chi connectivity index (χ0) is 15.5. The average Bonchev–Trinajstić information content (AvgIpc) is 2.48. The zero-order valence-electron chi connectivity index (χ0n) is 12.0. The fraction of sp³-hybridized carbons (Fsp3) is 0.467. The maximum Gasteiger partial charge on any atom is 0.338 e. The van der Waals surface area contributed by atoms with E-state index < -0.39 is 0 Å². The lowest BCUT2D eigenvalue weighted by Crippen LogP contribution is -2.12. The van der Waals surface area contributed by atoms with Crippen LogP contribution >= 0.6 is 22.6 Å². The van der Waals surface area contributed by atoms with Crippen LogP contribution in [0.5, 0.6) is 0 Å². The summed E-state index contributed by atoms with van der Waals surface area (Å²) in [4.78, 5) is 23.0. The monoisotopic (exact) mass is 406 g/mol. The number of ether oxygens (including phenoxy) is 3. The summed E-state index contributed by atoms with van der Waals surface area (Å²) < 4.78 is 16.1. The van der Waals surface area contributed by atoms with Crippen LogP contribution in [-0.4, -0.2) is 38.4 Å². The van der Waals surface area contributed by atoms with Crippen LogP contribution in [-0.2, 0) is 19.0 Å². The van der Waals surface area contributed by atoms with Crippen LogP contribution in [0.25, 0.3) is 0 Å². The molecule has 1 rings (SSSR count). The van der Waals surface area contributed by atoms with Crippen molar-refractivity contribution in [1.82, 2.24) is 0 Å². The Labute approximate surface area is 138 Å². The minimum absolute atomic E-state index is 0.200. The largest absolute Gasteiger partial charge is 0.463 e. The quantitative estimate of drug-likeness (QED) is 0.359. The van der Waals surface area contributed by atoms with Crippen LogP contribution in [0.4, 0.5) is 0 Å². The molecule has 0 aliphatic heterocycles. The first-order valence-electron chi connectivity index (χ1n) is 6.79. The first-order chi connectivity index (χ1) is 10.1.